The second kappa shape index (κ2) is 4.94. The van der Waals surface area contributed by atoms with Crippen LogP contribution in [0.1, 0.15) is 11.6 Å². The molecular formula is C12H16ClN3O. The van der Waals surface area contributed by atoms with E-state index in [4.69, 9.17) is 17.3 Å². The smallest absolute Gasteiger partial charge is 0.320 e. The number of benzene rings is 1. The first-order chi connectivity index (χ1) is 8.13. The molecule has 1 fully saturated rings. The molecule has 17 heavy (non-hydrogen) atoms. The van der Waals surface area contributed by atoms with Crippen LogP contribution < -0.4 is 5.73 Å². The van der Waals surface area contributed by atoms with Gasteiger partial charge in [-0.05, 0) is 17.7 Å². The molecule has 1 aromatic rings. The number of urea groups is 1. The van der Waals surface area contributed by atoms with Gasteiger partial charge in [0.05, 0.1) is 6.04 Å². The van der Waals surface area contributed by atoms with E-state index in [0.29, 0.717) is 24.7 Å². The van der Waals surface area contributed by atoms with E-state index >= 15 is 0 Å². The van der Waals surface area contributed by atoms with Crippen molar-refractivity contribution in [2.75, 3.05) is 26.7 Å². The van der Waals surface area contributed by atoms with Crippen molar-refractivity contribution in [1.29, 1.82) is 0 Å². The zero-order chi connectivity index (χ0) is 12.4. The van der Waals surface area contributed by atoms with Crippen molar-refractivity contribution in [3.63, 3.8) is 0 Å². The number of rotatable bonds is 3. The molecule has 0 radical (unpaired) electrons. The maximum atomic E-state index is 11.9. The fraction of sp³-hybridized carbons (Fsp3) is 0.417. The summed E-state index contributed by atoms with van der Waals surface area (Å²) in [5, 5.41) is 0.705. The van der Waals surface area contributed by atoms with E-state index in [1.165, 1.54) is 0 Å². The summed E-state index contributed by atoms with van der Waals surface area (Å²) >= 11 is 5.86. The van der Waals surface area contributed by atoms with Gasteiger partial charge in [0, 0.05) is 31.7 Å². The minimum absolute atomic E-state index is 0.0374. The number of nitrogens with zero attached hydrogens (tertiary/aromatic N) is 2. The van der Waals surface area contributed by atoms with E-state index < -0.39 is 0 Å². The van der Waals surface area contributed by atoms with Crippen LogP contribution in [0, 0.1) is 0 Å². The zero-order valence-corrected chi connectivity index (χ0v) is 10.5. The highest BCUT2D eigenvalue weighted by molar-refractivity contribution is 6.30. The van der Waals surface area contributed by atoms with Gasteiger partial charge in [-0.25, -0.2) is 4.79 Å². The summed E-state index contributed by atoms with van der Waals surface area (Å²) in [5.41, 5.74) is 6.64. The lowest BCUT2D eigenvalue weighted by molar-refractivity contribution is 0.192. The Labute approximate surface area is 106 Å². The standard InChI is InChI=1S/C12H16ClN3O/c1-15-8-11(16(7-6-14)12(15)17)9-2-4-10(13)5-3-9/h2-5,11H,6-8,14H2,1H3. The van der Waals surface area contributed by atoms with E-state index in [1.807, 2.05) is 36.2 Å². The highest BCUT2D eigenvalue weighted by Gasteiger charge is 2.35. The first-order valence-corrected chi connectivity index (χ1v) is 5.98. The summed E-state index contributed by atoms with van der Waals surface area (Å²) in [7, 11) is 1.81. The van der Waals surface area contributed by atoms with Crippen molar-refractivity contribution in [1.82, 2.24) is 9.80 Å². The molecule has 1 aromatic carbocycles. The Morgan fingerprint density at radius 3 is 2.65 bits per heavy atom. The molecular weight excluding hydrogens is 238 g/mol. The number of carbonyl (C=O) groups excluding carboxylic acids is 1. The molecule has 5 heteroatoms. The molecule has 92 valence electrons. The largest absolute Gasteiger partial charge is 0.329 e. The van der Waals surface area contributed by atoms with Crippen molar-refractivity contribution >= 4 is 17.6 Å². The van der Waals surface area contributed by atoms with Crippen LogP contribution in [0.3, 0.4) is 0 Å². The lowest BCUT2D eigenvalue weighted by Gasteiger charge is -2.22. The van der Waals surface area contributed by atoms with Crippen LogP contribution in [0.15, 0.2) is 24.3 Å². The SMILES string of the molecule is CN1CC(c2ccc(Cl)cc2)N(CCN)C1=O. The Balaban J connectivity index is 2.24. The zero-order valence-electron chi connectivity index (χ0n) is 9.77. The first-order valence-electron chi connectivity index (χ1n) is 5.60. The van der Waals surface area contributed by atoms with Gasteiger partial charge in [-0.3, -0.25) is 0 Å². The molecule has 0 aliphatic carbocycles. The molecule has 1 saturated heterocycles. The van der Waals surface area contributed by atoms with Crippen LogP contribution in [-0.4, -0.2) is 42.5 Å². The molecule has 1 aliphatic rings. The van der Waals surface area contributed by atoms with Gasteiger partial charge in [-0.2, -0.15) is 0 Å². The Bertz CT molecular complexity index is 407. The van der Waals surface area contributed by atoms with E-state index in [-0.39, 0.29) is 12.1 Å². The minimum atomic E-state index is 0.0374. The summed E-state index contributed by atoms with van der Waals surface area (Å²) in [6, 6.07) is 7.73. The van der Waals surface area contributed by atoms with Gasteiger partial charge in [-0.1, -0.05) is 23.7 Å². The molecule has 0 bridgehead atoms. The van der Waals surface area contributed by atoms with Crippen LogP contribution in [0.5, 0.6) is 0 Å². The fourth-order valence-corrected chi connectivity index (χ4v) is 2.28. The molecule has 4 nitrogen and oxygen atoms in total. The third kappa shape index (κ3) is 2.37. The number of likely N-dealkylation sites (N-methyl/N-ethyl adjacent to an activating group) is 1. The monoisotopic (exact) mass is 253 g/mol. The van der Waals surface area contributed by atoms with Gasteiger partial charge in [-0.15, -0.1) is 0 Å². The van der Waals surface area contributed by atoms with Gasteiger partial charge in [0.2, 0.25) is 0 Å². The summed E-state index contributed by atoms with van der Waals surface area (Å²) in [6.45, 7) is 1.75. The molecule has 2 N–H and O–H groups in total. The Morgan fingerprint density at radius 1 is 1.41 bits per heavy atom. The Kier molecular flexibility index (Phi) is 3.54. The summed E-state index contributed by atoms with van der Waals surface area (Å²) in [5.74, 6) is 0. The van der Waals surface area contributed by atoms with E-state index in [2.05, 4.69) is 0 Å². The third-order valence-electron chi connectivity index (χ3n) is 3.02. The highest BCUT2D eigenvalue weighted by Crippen LogP contribution is 2.28. The molecule has 0 aromatic heterocycles. The normalized spacial score (nSPS) is 20.2. The van der Waals surface area contributed by atoms with Gasteiger partial charge in [0.15, 0.2) is 0 Å². The first kappa shape index (κ1) is 12.2. The number of hydrogen-bond acceptors (Lipinski definition) is 2. The molecule has 0 saturated carbocycles. The summed E-state index contributed by atoms with van der Waals surface area (Å²) < 4.78 is 0. The van der Waals surface area contributed by atoms with Crippen LogP contribution in [0.4, 0.5) is 4.79 Å². The van der Waals surface area contributed by atoms with Crippen LogP contribution in [-0.2, 0) is 0 Å². The van der Waals surface area contributed by atoms with E-state index in [9.17, 15) is 4.79 Å². The molecule has 1 aliphatic heterocycles. The lowest BCUT2D eigenvalue weighted by Crippen LogP contribution is -2.34. The van der Waals surface area contributed by atoms with Crippen molar-refractivity contribution in [2.24, 2.45) is 5.73 Å². The predicted octanol–water partition coefficient (Wildman–Crippen LogP) is 1.71. The van der Waals surface area contributed by atoms with Crippen LogP contribution in [0.25, 0.3) is 0 Å². The Morgan fingerprint density at radius 2 is 2.06 bits per heavy atom. The maximum absolute atomic E-state index is 11.9. The van der Waals surface area contributed by atoms with E-state index in [0.717, 1.165) is 5.56 Å². The van der Waals surface area contributed by atoms with Crippen molar-refractivity contribution in [2.45, 2.75) is 6.04 Å². The van der Waals surface area contributed by atoms with Crippen LogP contribution in [0.2, 0.25) is 5.02 Å². The highest BCUT2D eigenvalue weighted by atomic mass is 35.5. The fourth-order valence-electron chi connectivity index (χ4n) is 2.15. The summed E-state index contributed by atoms with van der Waals surface area (Å²) in [4.78, 5) is 15.4. The third-order valence-corrected chi connectivity index (χ3v) is 3.27. The van der Waals surface area contributed by atoms with Crippen LogP contribution >= 0.6 is 11.6 Å². The van der Waals surface area contributed by atoms with Crippen molar-refractivity contribution in [3.8, 4) is 0 Å². The van der Waals surface area contributed by atoms with Gasteiger partial charge in [0.1, 0.15) is 0 Å². The summed E-state index contributed by atoms with van der Waals surface area (Å²) in [6.07, 6.45) is 0. The number of hydrogen-bond donors (Lipinski definition) is 1. The van der Waals surface area contributed by atoms with Gasteiger partial charge >= 0.3 is 6.03 Å². The maximum Gasteiger partial charge on any atom is 0.320 e. The van der Waals surface area contributed by atoms with Gasteiger partial charge < -0.3 is 15.5 Å². The van der Waals surface area contributed by atoms with Crippen molar-refractivity contribution in [3.05, 3.63) is 34.9 Å². The topological polar surface area (TPSA) is 49.6 Å². The number of nitrogens with two attached hydrogens (primary N) is 1. The van der Waals surface area contributed by atoms with Crippen molar-refractivity contribution < 1.29 is 4.79 Å². The lowest BCUT2D eigenvalue weighted by atomic mass is 10.1. The number of amides is 2. The van der Waals surface area contributed by atoms with E-state index in [1.54, 1.807) is 4.90 Å². The molecule has 2 amide bonds. The molecule has 2 rings (SSSR count). The second-order valence-corrected chi connectivity index (χ2v) is 4.65. The molecule has 1 atom stereocenters. The predicted molar refractivity (Wildman–Crippen MR) is 68.0 cm³/mol. The second-order valence-electron chi connectivity index (χ2n) is 4.21. The Hall–Kier alpha value is -1.26. The average Bonchev–Trinajstić information content (AvgIpc) is 2.59. The molecule has 1 unspecified atom stereocenters. The van der Waals surface area contributed by atoms with Gasteiger partial charge in [0.25, 0.3) is 0 Å². The minimum Gasteiger partial charge on any atom is -0.329 e. The molecule has 1 heterocycles. The average molecular weight is 254 g/mol. The number of carbonyl (C=O) groups is 1. The molecule has 0 spiro atoms. The quantitative estimate of drug-likeness (QED) is 0.892. The number of halogens is 1.